The minimum atomic E-state index is -0.0646. The second-order valence-corrected chi connectivity index (χ2v) is 14.0. The average Bonchev–Trinajstić information content (AvgIpc) is 3.42. The SMILES string of the molecule is CC1(C)c2ccccc2-c2ccc(-c3ccc4cccc(-c5nc(-c6cccc7ccccc67)nc(-c6cccc7ccccc67)n5)c4c3)cc21. The van der Waals surface area contributed by atoms with Gasteiger partial charge in [-0.15, -0.1) is 0 Å². The number of hydrogen-bond acceptors (Lipinski definition) is 3. The Morgan fingerprint density at radius 1 is 0.333 bits per heavy atom. The molecular formula is C48H33N3. The van der Waals surface area contributed by atoms with Gasteiger partial charge in [-0.1, -0.05) is 166 Å². The summed E-state index contributed by atoms with van der Waals surface area (Å²) in [4.78, 5) is 15.7. The second-order valence-electron chi connectivity index (χ2n) is 14.0. The van der Waals surface area contributed by atoms with Crippen LogP contribution >= 0.6 is 0 Å². The summed E-state index contributed by atoms with van der Waals surface area (Å²) in [7, 11) is 0. The van der Waals surface area contributed by atoms with Crippen molar-refractivity contribution in [2.75, 3.05) is 0 Å². The van der Waals surface area contributed by atoms with Crippen LogP contribution in [0.1, 0.15) is 25.0 Å². The van der Waals surface area contributed by atoms with Crippen LogP contribution in [0.15, 0.2) is 164 Å². The summed E-state index contributed by atoms with van der Waals surface area (Å²) < 4.78 is 0. The van der Waals surface area contributed by atoms with E-state index in [1.165, 1.54) is 33.4 Å². The van der Waals surface area contributed by atoms with Gasteiger partial charge in [0.2, 0.25) is 0 Å². The Balaban J connectivity index is 1.18. The molecule has 1 heterocycles. The molecular weight excluding hydrogens is 619 g/mol. The van der Waals surface area contributed by atoms with Crippen molar-refractivity contribution in [2.45, 2.75) is 19.3 Å². The summed E-state index contributed by atoms with van der Waals surface area (Å²) in [6, 6.07) is 58.5. The number of hydrogen-bond donors (Lipinski definition) is 0. The third-order valence-electron chi connectivity index (χ3n) is 10.7. The van der Waals surface area contributed by atoms with Gasteiger partial charge >= 0.3 is 0 Å². The van der Waals surface area contributed by atoms with E-state index in [0.717, 1.165) is 49.0 Å². The zero-order valence-electron chi connectivity index (χ0n) is 28.4. The number of rotatable bonds is 4. The van der Waals surface area contributed by atoms with Crippen molar-refractivity contribution in [1.82, 2.24) is 15.0 Å². The molecule has 1 aliphatic rings. The van der Waals surface area contributed by atoms with E-state index in [-0.39, 0.29) is 5.41 Å². The maximum absolute atomic E-state index is 5.25. The van der Waals surface area contributed by atoms with E-state index in [1.807, 2.05) is 0 Å². The molecule has 1 aromatic heterocycles. The normalized spacial score (nSPS) is 13.1. The number of benzene rings is 8. The molecule has 0 spiro atoms. The molecule has 9 aromatic rings. The number of aromatic nitrogens is 3. The maximum atomic E-state index is 5.25. The lowest BCUT2D eigenvalue weighted by Gasteiger charge is -2.22. The average molecular weight is 652 g/mol. The van der Waals surface area contributed by atoms with Crippen LogP contribution in [0, 0.1) is 0 Å². The van der Waals surface area contributed by atoms with E-state index >= 15 is 0 Å². The van der Waals surface area contributed by atoms with Crippen LogP contribution in [-0.4, -0.2) is 15.0 Å². The molecule has 0 saturated carbocycles. The Labute approximate surface area is 297 Å². The Bertz CT molecular complexity index is 2740. The predicted octanol–water partition coefficient (Wildman–Crippen LogP) is 12.3. The van der Waals surface area contributed by atoms with Gasteiger partial charge in [-0.3, -0.25) is 0 Å². The first-order valence-corrected chi connectivity index (χ1v) is 17.5. The molecule has 3 heteroatoms. The first-order chi connectivity index (χ1) is 25.0. The fourth-order valence-corrected chi connectivity index (χ4v) is 8.11. The fourth-order valence-electron chi connectivity index (χ4n) is 8.11. The van der Waals surface area contributed by atoms with Crippen molar-refractivity contribution in [3.8, 4) is 56.4 Å². The van der Waals surface area contributed by atoms with Crippen molar-refractivity contribution in [2.24, 2.45) is 0 Å². The van der Waals surface area contributed by atoms with Crippen molar-refractivity contribution in [3.05, 3.63) is 175 Å². The summed E-state index contributed by atoms with van der Waals surface area (Å²) in [5, 5.41) is 6.78. The van der Waals surface area contributed by atoms with Crippen molar-refractivity contribution in [3.63, 3.8) is 0 Å². The van der Waals surface area contributed by atoms with E-state index in [1.54, 1.807) is 0 Å². The lowest BCUT2D eigenvalue weighted by Crippen LogP contribution is -2.14. The summed E-state index contributed by atoms with van der Waals surface area (Å²) in [5.41, 5.74) is 10.7. The Kier molecular flexibility index (Phi) is 6.53. The molecule has 1 aliphatic carbocycles. The highest BCUT2D eigenvalue weighted by molar-refractivity contribution is 6.00. The molecule has 3 nitrogen and oxygen atoms in total. The Morgan fingerprint density at radius 2 is 0.765 bits per heavy atom. The Morgan fingerprint density at radius 3 is 1.39 bits per heavy atom. The summed E-state index contributed by atoms with van der Waals surface area (Å²) in [5.74, 6) is 1.98. The molecule has 0 radical (unpaired) electrons. The maximum Gasteiger partial charge on any atom is 0.164 e. The van der Waals surface area contributed by atoms with Crippen LogP contribution in [0.4, 0.5) is 0 Å². The van der Waals surface area contributed by atoms with Gasteiger partial charge < -0.3 is 0 Å². The quantitative estimate of drug-likeness (QED) is 0.190. The van der Waals surface area contributed by atoms with Crippen molar-refractivity contribution in [1.29, 1.82) is 0 Å². The lowest BCUT2D eigenvalue weighted by molar-refractivity contribution is 0.660. The largest absolute Gasteiger partial charge is 0.208 e. The predicted molar refractivity (Wildman–Crippen MR) is 212 cm³/mol. The standard InChI is InChI=1S/C48H33N3/c1-48(2)43-23-8-7-19-37(43)38-27-26-34(29-44(38)48)33-25-24-32-16-11-22-41(42(32)28-33)47-50-45(39-20-9-14-30-12-3-5-17-35(30)39)49-46(51-47)40-21-10-15-31-13-4-6-18-36(31)40/h3-29H,1-2H3. The highest BCUT2D eigenvalue weighted by atomic mass is 15.0. The van der Waals surface area contributed by atoms with Crippen LogP contribution in [0.3, 0.4) is 0 Å². The van der Waals surface area contributed by atoms with E-state index < -0.39 is 0 Å². The molecule has 0 aliphatic heterocycles. The van der Waals surface area contributed by atoms with Gasteiger partial charge in [0.25, 0.3) is 0 Å². The molecule has 0 fully saturated rings. The highest BCUT2D eigenvalue weighted by Gasteiger charge is 2.35. The molecule has 51 heavy (non-hydrogen) atoms. The first-order valence-electron chi connectivity index (χ1n) is 17.5. The zero-order chi connectivity index (χ0) is 34.1. The number of fused-ring (bicyclic) bond motifs is 6. The monoisotopic (exact) mass is 651 g/mol. The van der Waals surface area contributed by atoms with Crippen LogP contribution < -0.4 is 0 Å². The summed E-state index contributed by atoms with van der Waals surface area (Å²) >= 11 is 0. The van der Waals surface area contributed by atoms with Crippen molar-refractivity contribution >= 4 is 32.3 Å². The molecule has 0 unspecified atom stereocenters. The molecule has 10 rings (SSSR count). The Hall–Kier alpha value is -6.45. The van der Waals surface area contributed by atoms with Gasteiger partial charge in [-0.05, 0) is 77.8 Å². The minimum absolute atomic E-state index is 0.0646. The molecule has 0 atom stereocenters. The van der Waals surface area contributed by atoms with Crippen LogP contribution in [0.25, 0.3) is 88.7 Å². The van der Waals surface area contributed by atoms with E-state index in [9.17, 15) is 0 Å². The zero-order valence-corrected chi connectivity index (χ0v) is 28.4. The smallest absolute Gasteiger partial charge is 0.164 e. The third-order valence-corrected chi connectivity index (χ3v) is 10.7. The van der Waals surface area contributed by atoms with Gasteiger partial charge in [0.05, 0.1) is 0 Å². The van der Waals surface area contributed by atoms with Crippen LogP contribution in [-0.2, 0) is 5.41 Å². The highest BCUT2D eigenvalue weighted by Crippen LogP contribution is 2.49. The van der Waals surface area contributed by atoms with E-state index in [2.05, 4.69) is 178 Å². The lowest BCUT2D eigenvalue weighted by atomic mass is 9.81. The topological polar surface area (TPSA) is 38.7 Å². The first kappa shape index (κ1) is 29.5. The molecule has 240 valence electrons. The van der Waals surface area contributed by atoms with Crippen LogP contribution in [0.5, 0.6) is 0 Å². The minimum Gasteiger partial charge on any atom is -0.208 e. The molecule has 0 N–H and O–H groups in total. The molecule has 0 saturated heterocycles. The van der Waals surface area contributed by atoms with Gasteiger partial charge in [0.15, 0.2) is 17.5 Å². The fraction of sp³-hybridized carbons (Fsp3) is 0.0625. The van der Waals surface area contributed by atoms with Gasteiger partial charge in [0.1, 0.15) is 0 Å². The summed E-state index contributed by atoms with van der Waals surface area (Å²) in [6.07, 6.45) is 0. The van der Waals surface area contributed by atoms with E-state index in [4.69, 9.17) is 15.0 Å². The van der Waals surface area contributed by atoms with Gasteiger partial charge in [0, 0.05) is 22.1 Å². The summed E-state index contributed by atoms with van der Waals surface area (Å²) in [6.45, 7) is 4.67. The van der Waals surface area contributed by atoms with Gasteiger partial charge in [-0.25, -0.2) is 15.0 Å². The van der Waals surface area contributed by atoms with Gasteiger partial charge in [-0.2, -0.15) is 0 Å². The molecule has 8 aromatic carbocycles. The van der Waals surface area contributed by atoms with Crippen molar-refractivity contribution < 1.29 is 0 Å². The third kappa shape index (κ3) is 4.69. The molecule has 0 bridgehead atoms. The van der Waals surface area contributed by atoms with Crippen LogP contribution in [0.2, 0.25) is 0 Å². The number of nitrogens with zero attached hydrogens (tertiary/aromatic N) is 3. The second kappa shape index (κ2) is 11.3. The molecule has 0 amide bonds. The van der Waals surface area contributed by atoms with E-state index in [0.29, 0.717) is 17.5 Å².